The molecule has 4 heteroatoms. The molecule has 2 aromatic heterocycles. The fourth-order valence-electron chi connectivity index (χ4n) is 1.27. The first kappa shape index (κ1) is 9.83. The van der Waals surface area contributed by atoms with E-state index in [4.69, 9.17) is 5.73 Å². The van der Waals surface area contributed by atoms with Gasteiger partial charge in [-0.15, -0.1) is 22.7 Å². The summed E-state index contributed by atoms with van der Waals surface area (Å²) in [5, 5.41) is 5.18. The third-order valence-electron chi connectivity index (χ3n) is 2.05. The minimum absolute atomic E-state index is 0.0349. The number of aromatic nitrogens is 1. The molecule has 0 amide bonds. The van der Waals surface area contributed by atoms with Crippen LogP contribution >= 0.6 is 22.7 Å². The summed E-state index contributed by atoms with van der Waals surface area (Å²) >= 11 is 3.38. The van der Waals surface area contributed by atoms with Crippen LogP contribution in [0, 0.1) is 6.92 Å². The van der Waals surface area contributed by atoms with Crippen molar-refractivity contribution < 1.29 is 0 Å². The smallest absolute Gasteiger partial charge is 0.110 e. The minimum Gasteiger partial charge on any atom is -0.322 e. The second-order valence-corrected chi connectivity index (χ2v) is 5.26. The van der Waals surface area contributed by atoms with Crippen LogP contribution in [0.3, 0.4) is 0 Å². The lowest BCUT2D eigenvalue weighted by molar-refractivity contribution is 0.808. The highest BCUT2D eigenvalue weighted by atomic mass is 32.1. The predicted molar refractivity (Wildman–Crippen MR) is 62.8 cm³/mol. The van der Waals surface area contributed by atoms with Gasteiger partial charge in [-0.05, 0) is 25.3 Å². The number of aryl methyl sites for hydroxylation is 1. The van der Waals surface area contributed by atoms with Crippen molar-refractivity contribution in [1.29, 1.82) is 0 Å². The fraction of sp³-hybridized carbons (Fsp3) is 0.300. The van der Waals surface area contributed by atoms with Gasteiger partial charge in [0.2, 0.25) is 0 Å². The molecule has 1 unspecified atom stereocenters. The molecule has 74 valence electrons. The first-order chi connectivity index (χ1) is 6.68. The van der Waals surface area contributed by atoms with Crippen molar-refractivity contribution in [2.75, 3.05) is 0 Å². The molecular weight excluding hydrogens is 212 g/mol. The number of hydrogen-bond donors (Lipinski definition) is 1. The second-order valence-electron chi connectivity index (χ2n) is 3.25. The maximum atomic E-state index is 5.77. The van der Waals surface area contributed by atoms with Gasteiger partial charge in [0.05, 0.1) is 11.7 Å². The molecule has 0 aliphatic carbocycles. The Hall–Kier alpha value is -0.710. The van der Waals surface area contributed by atoms with Crippen molar-refractivity contribution in [2.45, 2.75) is 19.9 Å². The molecule has 2 aromatic rings. The fourth-order valence-corrected chi connectivity index (χ4v) is 2.76. The van der Waals surface area contributed by atoms with Gasteiger partial charge in [0.1, 0.15) is 5.01 Å². The maximum absolute atomic E-state index is 5.77. The van der Waals surface area contributed by atoms with E-state index in [1.807, 2.05) is 6.92 Å². The summed E-state index contributed by atoms with van der Waals surface area (Å²) in [6.07, 6.45) is 0. The normalized spacial score (nSPS) is 13.1. The van der Waals surface area contributed by atoms with Crippen LogP contribution in [0.15, 0.2) is 16.8 Å². The van der Waals surface area contributed by atoms with Crippen LogP contribution in [0.2, 0.25) is 0 Å². The van der Waals surface area contributed by atoms with Gasteiger partial charge in [0, 0.05) is 15.8 Å². The Morgan fingerprint density at radius 1 is 1.43 bits per heavy atom. The quantitative estimate of drug-likeness (QED) is 0.850. The molecule has 0 bridgehead atoms. The summed E-state index contributed by atoms with van der Waals surface area (Å²) in [4.78, 5) is 5.82. The van der Waals surface area contributed by atoms with Gasteiger partial charge in [-0.1, -0.05) is 0 Å². The molecule has 0 aromatic carbocycles. The summed E-state index contributed by atoms with van der Waals surface area (Å²) in [7, 11) is 0. The molecular formula is C10H12N2S2. The van der Waals surface area contributed by atoms with Gasteiger partial charge in [-0.2, -0.15) is 0 Å². The molecule has 0 saturated heterocycles. The van der Waals surface area contributed by atoms with Crippen LogP contribution < -0.4 is 5.73 Å². The Morgan fingerprint density at radius 3 is 2.71 bits per heavy atom. The van der Waals surface area contributed by atoms with E-state index < -0.39 is 0 Å². The van der Waals surface area contributed by atoms with Crippen molar-refractivity contribution in [3.63, 3.8) is 0 Å². The zero-order valence-electron chi connectivity index (χ0n) is 8.15. The average Bonchev–Trinajstić information content (AvgIpc) is 2.71. The van der Waals surface area contributed by atoms with Crippen molar-refractivity contribution in [3.8, 4) is 11.3 Å². The number of hydrogen-bond acceptors (Lipinski definition) is 4. The number of nitrogens with zero attached hydrogens (tertiary/aromatic N) is 1. The Morgan fingerprint density at radius 2 is 2.21 bits per heavy atom. The molecule has 2 rings (SSSR count). The highest BCUT2D eigenvalue weighted by Gasteiger charge is 2.09. The van der Waals surface area contributed by atoms with Crippen LogP contribution in [0.25, 0.3) is 11.3 Å². The van der Waals surface area contributed by atoms with Crippen molar-refractivity contribution in [1.82, 2.24) is 4.98 Å². The number of nitrogens with two attached hydrogens (primary N) is 1. The largest absolute Gasteiger partial charge is 0.322 e. The molecule has 2 heterocycles. The SMILES string of the molecule is Cc1sccc1-c1csc(C(C)N)n1. The Kier molecular flexibility index (Phi) is 2.67. The lowest BCUT2D eigenvalue weighted by Crippen LogP contribution is -2.03. The number of thiophene rings is 1. The highest BCUT2D eigenvalue weighted by Crippen LogP contribution is 2.29. The molecule has 0 fully saturated rings. The minimum atomic E-state index is 0.0349. The Balaban J connectivity index is 2.39. The lowest BCUT2D eigenvalue weighted by atomic mass is 10.2. The molecule has 14 heavy (non-hydrogen) atoms. The summed E-state index contributed by atoms with van der Waals surface area (Å²) in [5.74, 6) is 0. The number of thiazole rings is 1. The van der Waals surface area contributed by atoms with Crippen molar-refractivity contribution >= 4 is 22.7 Å². The van der Waals surface area contributed by atoms with Crippen LogP contribution in [0.1, 0.15) is 22.9 Å². The van der Waals surface area contributed by atoms with Crippen LogP contribution in [-0.4, -0.2) is 4.98 Å². The first-order valence-corrected chi connectivity index (χ1v) is 6.20. The average molecular weight is 224 g/mol. The third-order valence-corrected chi connectivity index (χ3v) is 3.94. The van der Waals surface area contributed by atoms with E-state index in [0.29, 0.717) is 0 Å². The van der Waals surface area contributed by atoms with E-state index in [1.165, 1.54) is 10.4 Å². The summed E-state index contributed by atoms with van der Waals surface area (Å²) in [6, 6.07) is 2.15. The summed E-state index contributed by atoms with van der Waals surface area (Å²) in [5.41, 5.74) is 8.06. The molecule has 0 aliphatic rings. The van der Waals surface area contributed by atoms with Crippen molar-refractivity contribution in [2.24, 2.45) is 5.73 Å². The molecule has 0 aliphatic heterocycles. The molecule has 0 saturated carbocycles. The van der Waals surface area contributed by atoms with Gasteiger partial charge >= 0.3 is 0 Å². The maximum Gasteiger partial charge on any atom is 0.110 e. The molecule has 2 nitrogen and oxygen atoms in total. The van der Waals surface area contributed by atoms with Gasteiger partial charge in [-0.3, -0.25) is 0 Å². The monoisotopic (exact) mass is 224 g/mol. The van der Waals surface area contributed by atoms with E-state index >= 15 is 0 Å². The van der Waals surface area contributed by atoms with Gasteiger partial charge in [-0.25, -0.2) is 4.98 Å². The standard InChI is InChI=1S/C10H12N2S2/c1-6(11)10-12-9(5-14-10)8-3-4-13-7(8)2/h3-6H,11H2,1-2H3. The van der Waals surface area contributed by atoms with Gasteiger partial charge in [0.15, 0.2) is 0 Å². The number of rotatable bonds is 2. The van der Waals surface area contributed by atoms with E-state index in [-0.39, 0.29) is 6.04 Å². The second kappa shape index (κ2) is 3.81. The Bertz CT molecular complexity index is 429. The lowest BCUT2D eigenvalue weighted by Gasteiger charge is -1.97. The van der Waals surface area contributed by atoms with E-state index in [2.05, 4.69) is 28.7 Å². The molecule has 0 radical (unpaired) electrons. The Labute approximate surface area is 91.4 Å². The van der Waals surface area contributed by atoms with Crippen LogP contribution in [0.5, 0.6) is 0 Å². The molecule has 2 N–H and O–H groups in total. The topological polar surface area (TPSA) is 38.9 Å². The van der Waals surface area contributed by atoms with Gasteiger partial charge in [0.25, 0.3) is 0 Å². The van der Waals surface area contributed by atoms with Crippen LogP contribution in [0.4, 0.5) is 0 Å². The van der Waals surface area contributed by atoms with E-state index in [9.17, 15) is 0 Å². The van der Waals surface area contributed by atoms with E-state index in [0.717, 1.165) is 10.7 Å². The zero-order valence-corrected chi connectivity index (χ0v) is 9.78. The van der Waals surface area contributed by atoms with Crippen LogP contribution in [-0.2, 0) is 0 Å². The first-order valence-electron chi connectivity index (χ1n) is 4.44. The van der Waals surface area contributed by atoms with Gasteiger partial charge < -0.3 is 5.73 Å². The third kappa shape index (κ3) is 1.73. The highest BCUT2D eigenvalue weighted by molar-refractivity contribution is 7.11. The van der Waals surface area contributed by atoms with E-state index in [1.54, 1.807) is 22.7 Å². The molecule has 1 atom stereocenters. The zero-order chi connectivity index (χ0) is 10.1. The van der Waals surface area contributed by atoms with Crippen molar-refractivity contribution in [3.05, 3.63) is 26.7 Å². The summed E-state index contributed by atoms with van der Waals surface area (Å²) < 4.78 is 0. The molecule has 0 spiro atoms. The predicted octanol–water partition coefficient (Wildman–Crippen LogP) is 3.20. The summed E-state index contributed by atoms with van der Waals surface area (Å²) in [6.45, 7) is 4.08.